The number of anilines is 2. The minimum Gasteiger partial charge on any atom is -0.484 e. The van der Waals surface area contributed by atoms with Gasteiger partial charge >= 0.3 is 11.8 Å². The zero-order valence-electron chi connectivity index (χ0n) is 18.9. The predicted molar refractivity (Wildman–Crippen MR) is 137 cm³/mol. The first kappa shape index (κ1) is 25.7. The molecule has 0 bridgehead atoms. The fourth-order valence-electron chi connectivity index (χ4n) is 3.01. The summed E-state index contributed by atoms with van der Waals surface area (Å²) in [6, 6.07) is 17.0. The monoisotopic (exact) mass is 512 g/mol. The molecule has 3 aromatic carbocycles. The molecule has 3 N–H and O–H groups in total. The van der Waals surface area contributed by atoms with Crippen molar-refractivity contribution < 1.29 is 19.1 Å². The molecule has 0 fully saturated rings. The van der Waals surface area contributed by atoms with Gasteiger partial charge in [0.05, 0.1) is 16.9 Å². The van der Waals surface area contributed by atoms with E-state index in [1.165, 1.54) is 12.3 Å². The number of nitrogens with one attached hydrogen (secondary N) is 3. The van der Waals surface area contributed by atoms with Crippen LogP contribution in [0.2, 0.25) is 10.0 Å². The first-order valence-electron chi connectivity index (χ1n) is 10.4. The number of amides is 3. The molecule has 0 atom stereocenters. The minimum absolute atomic E-state index is 0.255. The number of para-hydroxylation sites is 1. The molecule has 0 aromatic heterocycles. The Morgan fingerprint density at radius 1 is 0.914 bits per heavy atom. The van der Waals surface area contributed by atoms with Crippen LogP contribution in [0.4, 0.5) is 11.4 Å². The molecule has 10 heteroatoms. The number of carbonyl (C=O) groups is 3. The molecule has 0 heterocycles. The number of hydrogen-bond acceptors (Lipinski definition) is 5. The number of aryl methyl sites for hydroxylation is 2. The van der Waals surface area contributed by atoms with E-state index in [2.05, 4.69) is 21.2 Å². The van der Waals surface area contributed by atoms with Gasteiger partial charge in [-0.05, 0) is 60.9 Å². The van der Waals surface area contributed by atoms with Gasteiger partial charge in [0, 0.05) is 10.7 Å². The van der Waals surface area contributed by atoms with Gasteiger partial charge in [-0.2, -0.15) is 5.10 Å². The van der Waals surface area contributed by atoms with Crippen molar-refractivity contribution in [2.75, 3.05) is 17.2 Å². The van der Waals surface area contributed by atoms with Crippen LogP contribution in [-0.4, -0.2) is 30.5 Å². The molecule has 8 nitrogen and oxygen atoms in total. The second-order valence-corrected chi connectivity index (χ2v) is 8.30. The number of carbonyl (C=O) groups excluding carboxylic acids is 3. The zero-order valence-corrected chi connectivity index (χ0v) is 20.4. The number of halogens is 2. The molecule has 0 saturated carbocycles. The van der Waals surface area contributed by atoms with Gasteiger partial charge in [0.15, 0.2) is 6.61 Å². The summed E-state index contributed by atoms with van der Waals surface area (Å²) in [5.74, 6) is -1.74. The highest BCUT2D eigenvalue weighted by molar-refractivity contribution is 6.39. The fraction of sp³-hybridized carbons (Fsp3) is 0.120. The van der Waals surface area contributed by atoms with Crippen molar-refractivity contribution in [3.63, 3.8) is 0 Å². The summed E-state index contributed by atoms with van der Waals surface area (Å²) in [6.45, 7) is 3.42. The number of rotatable bonds is 7. The highest BCUT2D eigenvalue weighted by atomic mass is 35.5. The molecule has 0 aliphatic heterocycles. The van der Waals surface area contributed by atoms with Gasteiger partial charge in [0.2, 0.25) is 0 Å². The van der Waals surface area contributed by atoms with Gasteiger partial charge in [-0.25, -0.2) is 5.43 Å². The lowest BCUT2D eigenvalue weighted by atomic mass is 10.1. The molecule has 3 rings (SSSR count). The lowest BCUT2D eigenvalue weighted by Gasteiger charge is -2.10. The molecule has 180 valence electrons. The van der Waals surface area contributed by atoms with Gasteiger partial charge in [-0.1, -0.05) is 53.5 Å². The second-order valence-electron chi connectivity index (χ2n) is 7.45. The topological polar surface area (TPSA) is 109 Å². The largest absolute Gasteiger partial charge is 0.484 e. The minimum atomic E-state index is -0.908. The highest BCUT2D eigenvalue weighted by Gasteiger charge is 2.15. The molecule has 0 aliphatic carbocycles. The quantitative estimate of drug-likeness (QED) is 0.241. The maximum Gasteiger partial charge on any atom is 0.329 e. The highest BCUT2D eigenvalue weighted by Crippen LogP contribution is 2.25. The molecule has 3 aromatic rings. The molecule has 0 radical (unpaired) electrons. The predicted octanol–water partition coefficient (Wildman–Crippen LogP) is 4.72. The first-order chi connectivity index (χ1) is 16.7. The summed E-state index contributed by atoms with van der Waals surface area (Å²) in [5, 5.41) is 9.81. The van der Waals surface area contributed by atoms with Crippen molar-refractivity contribution in [3.05, 3.63) is 87.4 Å². The Hall–Kier alpha value is -3.88. The van der Waals surface area contributed by atoms with Gasteiger partial charge in [0.25, 0.3) is 5.91 Å². The lowest BCUT2D eigenvalue weighted by Crippen LogP contribution is -2.32. The van der Waals surface area contributed by atoms with Crippen LogP contribution in [0, 0.1) is 13.8 Å². The normalized spacial score (nSPS) is 10.6. The molecular formula is C25H22Cl2N4O4. The van der Waals surface area contributed by atoms with E-state index in [9.17, 15) is 14.4 Å². The molecule has 0 aliphatic rings. The average Bonchev–Trinajstić information content (AvgIpc) is 2.82. The van der Waals surface area contributed by atoms with Crippen LogP contribution >= 0.6 is 23.2 Å². The van der Waals surface area contributed by atoms with Crippen LogP contribution < -0.4 is 20.8 Å². The second kappa shape index (κ2) is 12.0. The van der Waals surface area contributed by atoms with Crippen molar-refractivity contribution in [3.8, 4) is 5.75 Å². The molecule has 35 heavy (non-hydrogen) atoms. The third-order valence-electron chi connectivity index (χ3n) is 4.74. The van der Waals surface area contributed by atoms with E-state index in [4.69, 9.17) is 27.9 Å². The Balaban J connectivity index is 1.51. The summed E-state index contributed by atoms with van der Waals surface area (Å²) in [6.07, 6.45) is 1.35. The van der Waals surface area contributed by atoms with Crippen LogP contribution in [0.1, 0.15) is 16.7 Å². The van der Waals surface area contributed by atoms with Crippen molar-refractivity contribution in [2.24, 2.45) is 5.10 Å². The summed E-state index contributed by atoms with van der Waals surface area (Å²) >= 11 is 11.9. The summed E-state index contributed by atoms with van der Waals surface area (Å²) in [4.78, 5) is 36.4. The number of nitrogens with zero attached hydrogens (tertiary/aromatic N) is 1. The van der Waals surface area contributed by atoms with Gasteiger partial charge in [-0.3, -0.25) is 14.4 Å². The van der Waals surface area contributed by atoms with E-state index in [0.29, 0.717) is 32.7 Å². The van der Waals surface area contributed by atoms with Crippen LogP contribution in [0.25, 0.3) is 0 Å². The Labute approximate surface area is 212 Å². The van der Waals surface area contributed by atoms with Crippen LogP contribution in [0.5, 0.6) is 5.75 Å². The zero-order chi connectivity index (χ0) is 25.4. The van der Waals surface area contributed by atoms with Crippen molar-refractivity contribution in [2.45, 2.75) is 13.8 Å². The summed E-state index contributed by atoms with van der Waals surface area (Å²) in [5.41, 5.74) is 5.46. The van der Waals surface area contributed by atoms with E-state index >= 15 is 0 Å². The number of hydrogen-bond donors (Lipinski definition) is 3. The maximum absolute atomic E-state index is 12.2. The fourth-order valence-corrected chi connectivity index (χ4v) is 3.46. The van der Waals surface area contributed by atoms with Crippen molar-refractivity contribution in [1.29, 1.82) is 0 Å². The van der Waals surface area contributed by atoms with E-state index < -0.39 is 17.7 Å². The van der Waals surface area contributed by atoms with E-state index in [1.807, 2.05) is 32.0 Å². The van der Waals surface area contributed by atoms with E-state index in [1.54, 1.807) is 36.4 Å². The smallest absolute Gasteiger partial charge is 0.329 e. The first-order valence-corrected chi connectivity index (χ1v) is 11.2. The molecule has 0 unspecified atom stereocenters. The third kappa shape index (κ3) is 7.56. The van der Waals surface area contributed by atoms with Crippen molar-refractivity contribution >= 4 is 58.5 Å². The number of ether oxygens (including phenoxy) is 1. The van der Waals surface area contributed by atoms with Gasteiger partial charge in [-0.15, -0.1) is 0 Å². The number of benzene rings is 3. The van der Waals surface area contributed by atoms with Gasteiger partial charge < -0.3 is 15.4 Å². The maximum atomic E-state index is 12.2. The number of hydrazone groups is 1. The molecule has 0 saturated heterocycles. The van der Waals surface area contributed by atoms with Crippen LogP contribution in [0.3, 0.4) is 0 Å². The summed E-state index contributed by atoms with van der Waals surface area (Å²) in [7, 11) is 0. The van der Waals surface area contributed by atoms with E-state index in [0.717, 1.165) is 11.1 Å². The lowest BCUT2D eigenvalue weighted by molar-refractivity contribution is -0.136. The molecule has 3 amide bonds. The van der Waals surface area contributed by atoms with Crippen molar-refractivity contribution in [1.82, 2.24) is 5.43 Å². The Morgan fingerprint density at radius 2 is 1.63 bits per heavy atom. The molecular weight excluding hydrogens is 491 g/mol. The Morgan fingerprint density at radius 3 is 2.34 bits per heavy atom. The Kier molecular flexibility index (Phi) is 8.83. The summed E-state index contributed by atoms with van der Waals surface area (Å²) < 4.78 is 5.50. The SMILES string of the molecule is Cc1cccc(C)c1NC(=O)C(=O)N/N=C\c1cccc(OCC(=O)Nc2ccc(Cl)cc2Cl)c1. The van der Waals surface area contributed by atoms with Crippen LogP contribution in [0.15, 0.2) is 65.8 Å². The molecule has 0 spiro atoms. The Bertz CT molecular complexity index is 1270. The standard InChI is InChI=1S/C25H22Cl2N4O4/c1-15-5-3-6-16(2)23(15)30-24(33)25(34)31-28-13-17-7-4-8-19(11-17)35-14-22(32)29-21-10-9-18(26)12-20(21)27/h3-13H,14H2,1-2H3,(H,29,32)(H,30,33)(H,31,34)/b28-13-. The van der Waals surface area contributed by atoms with Gasteiger partial charge in [0.1, 0.15) is 5.75 Å². The van der Waals surface area contributed by atoms with E-state index in [-0.39, 0.29) is 6.61 Å². The third-order valence-corrected chi connectivity index (χ3v) is 5.29. The van der Waals surface area contributed by atoms with Crippen LogP contribution in [-0.2, 0) is 14.4 Å². The average molecular weight is 513 g/mol.